The van der Waals surface area contributed by atoms with E-state index < -0.39 is 41.0 Å². The van der Waals surface area contributed by atoms with Crippen LogP contribution in [0.5, 0.6) is 0 Å². The highest BCUT2D eigenvalue weighted by molar-refractivity contribution is 6.01. The lowest BCUT2D eigenvalue weighted by Crippen LogP contribution is -2.39. The smallest absolute Gasteiger partial charge is 0.273 e. The summed E-state index contributed by atoms with van der Waals surface area (Å²) in [6, 6.07) is 12.2. The number of fused-ring (bicyclic) bond motifs is 1. The summed E-state index contributed by atoms with van der Waals surface area (Å²) >= 11 is 0. The SMILES string of the molecule is Cc1ccc(C(=O)N2CC(=O)Nc3ccc(F)cc3[C@H]2c2ccc(F)cc2)cc1[N+](=O)[O-]. The molecule has 0 aromatic heterocycles. The van der Waals surface area contributed by atoms with Crippen LogP contribution in [0.3, 0.4) is 0 Å². The van der Waals surface area contributed by atoms with Gasteiger partial charge in [-0.05, 0) is 48.9 Å². The van der Waals surface area contributed by atoms with Gasteiger partial charge in [0, 0.05) is 28.4 Å². The Morgan fingerprint density at radius 3 is 2.44 bits per heavy atom. The summed E-state index contributed by atoms with van der Waals surface area (Å²) in [7, 11) is 0. The highest BCUT2D eigenvalue weighted by Crippen LogP contribution is 2.37. The number of aryl methyl sites for hydroxylation is 1. The molecule has 0 saturated heterocycles. The minimum absolute atomic E-state index is 0.00191. The largest absolute Gasteiger partial charge is 0.324 e. The third-order valence-corrected chi connectivity index (χ3v) is 5.31. The third kappa shape index (κ3) is 3.92. The molecule has 3 aromatic carbocycles. The normalized spacial score (nSPS) is 15.5. The maximum Gasteiger partial charge on any atom is 0.273 e. The van der Waals surface area contributed by atoms with Crippen LogP contribution in [-0.4, -0.2) is 28.2 Å². The summed E-state index contributed by atoms with van der Waals surface area (Å²) in [5.41, 5.74) is 1.21. The highest BCUT2D eigenvalue weighted by Gasteiger charge is 2.34. The van der Waals surface area contributed by atoms with Gasteiger partial charge in [0.1, 0.15) is 18.2 Å². The molecule has 1 N–H and O–H groups in total. The molecule has 0 bridgehead atoms. The topological polar surface area (TPSA) is 92.6 Å². The molecule has 32 heavy (non-hydrogen) atoms. The second kappa shape index (κ2) is 8.18. The van der Waals surface area contributed by atoms with Crippen LogP contribution in [0.2, 0.25) is 0 Å². The minimum Gasteiger partial charge on any atom is -0.324 e. The molecule has 0 aliphatic carbocycles. The van der Waals surface area contributed by atoms with Gasteiger partial charge >= 0.3 is 0 Å². The van der Waals surface area contributed by atoms with E-state index in [4.69, 9.17) is 0 Å². The van der Waals surface area contributed by atoms with Crippen LogP contribution >= 0.6 is 0 Å². The van der Waals surface area contributed by atoms with Crippen molar-refractivity contribution >= 4 is 23.2 Å². The van der Waals surface area contributed by atoms with Gasteiger partial charge in [-0.15, -0.1) is 0 Å². The number of anilines is 1. The van der Waals surface area contributed by atoms with Gasteiger partial charge in [-0.2, -0.15) is 0 Å². The zero-order chi connectivity index (χ0) is 23.0. The van der Waals surface area contributed by atoms with Crippen molar-refractivity contribution < 1.29 is 23.3 Å². The van der Waals surface area contributed by atoms with Gasteiger partial charge in [0.15, 0.2) is 0 Å². The number of hydrogen-bond donors (Lipinski definition) is 1. The predicted molar refractivity (Wildman–Crippen MR) is 112 cm³/mol. The summed E-state index contributed by atoms with van der Waals surface area (Å²) in [6.07, 6.45) is 0. The fourth-order valence-electron chi connectivity index (χ4n) is 3.78. The number of nitrogens with zero attached hydrogens (tertiary/aromatic N) is 2. The number of hydrogen-bond acceptors (Lipinski definition) is 4. The average Bonchev–Trinajstić information content (AvgIpc) is 2.89. The molecule has 0 saturated carbocycles. The number of nitro benzene ring substituents is 1. The van der Waals surface area contributed by atoms with Crippen molar-refractivity contribution in [2.45, 2.75) is 13.0 Å². The van der Waals surface area contributed by atoms with E-state index in [9.17, 15) is 28.5 Å². The molecule has 162 valence electrons. The molecule has 7 nitrogen and oxygen atoms in total. The van der Waals surface area contributed by atoms with E-state index in [1.54, 1.807) is 6.92 Å². The first-order valence-corrected chi connectivity index (χ1v) is 9.65. The van der Waals surface area contributed by atoms with E-state index in [-0.39, 0.29) is 11.3 Å². The van der Waals surface area contributed by atoms with Crippen molar-refractivity contribution in [2.75, 3.05) is 11.9 Å². The van der Waals surface area contributed by atoms with Gasteiger partial charge in [-0.25, -0.2) is 8.78 Å². The molecule has 1 aliphatic heterocycles. The molecule has 1 atom stereocenters. The minimum atomic E-state index is -0.937. The van der Waals surface area contributed by atoms with Crippen molar-refractivity contribution in [2.24, 2.45) is 0 Å². The fraction of sp³-hybridized carbons (Fsp3) is 0.130. The molecule has 4 rings (SSSR count). The first-order chi connectivity index (χ1) is 15.2. The van der Waals surface area contributed by atoms with Crippen LogP contribution < -0.4 is 5.32 Å². The predicted octanol–water partition coefficient (Wildman–Crippen LogP) is 4.37. The van der Waals surface area contributed by atoms with Crippen LogP contribution in [0.25, 0.3) is 0 Å². The van der Waals surface area contributed by atoms with E-state index in [2.05, 4.69) is 5.32 Å². The fourth-order valence-corrected chi connectivity index (χ4v) is 3.78. The van der Waals surface area contributed by atoms with Crippen LogP contribution in [-0.2, 0) is 4.79 Å². The first kappa shape index (κ1) is 21.1. The number of carbonyl (C=O) groups excluding carboxylic acids is 2. The van der Waals surface area contributed by atoms with E-state index in [0.717, 1.165) is 6.07 Å². The molecular formula is C23H17F2N3O4. The molecule has 0 unspecified atom stereocenters. The highest BCUT2D eigenvalue weighted by atomic mass is 19.1. The maximum atomic E-state index is 14.2. The number of halogens is 2. The van der Waals surface area contributed by atoms with Crippen molar-refractivity contribution in [3.8, 4) is 0 Å². The second-order valence-electron chi connectivity index (χ2n) is 7.43. The second-order valence-corrected chi connectivity index (χ2v) is 7.43. The molecule has 0 spiro atoms. The number of rotatable bonds is 3. The molecule has 3 aromatic rings. The van der Waals surface area contributed by atoms with Crippen molar-refractivity contribution in [3.63, 3.8) is 0 Å². The van der Waals surface area contributed by atoms with Gasteiger partial charge in [0.2, 0.25) is 5.91 Å². The molecule has 2 amide bonds. The van der Waals surface area contributed by atoms with Crippen LogP contribution in [0, 0.1) is 28.7 Å². The lowest BCUT2D eigenvalue weighted by Gasteiger charge is -2.30. The Kier molecular flexibility index (Phi) is 5.40. The summed E-state index contributed by atoms with van der Waals surface area (Å²) < 4.78 is 27.7. The van der Waals surface area contributed by atoms with Gasteiger partial charge in [-0.3, -0.25) is 19.7 Å². The molecular weight excluding hydrogens is 420 g/mol. The Balaban J connectivity index is 1.89. The molecule has 0 fully saturated rings. The Labute approximate surface area is 181 Å². The summed E-state index contributed by atoms with van der Waals surface area (Å²) in [5, 5.41) is 14.0. The zero-order valence-electron chi connectivity index (χ0n) is 16.8. The van der Waals surface area contributed by atoms with Crippen molar-refractivity contribution in [1.29, 1.82) is 0 Å². The number of nitro groups is 1. The summed E-state index contributed by atoms with van der Waals surface area (Å²) in [5.74, 6) is -2.25. The van der Waals surface area contributed by atoms with Crippen LogP contribution in [0.15, 0.2) is 60.7 Å². The number of nitrogens with one attached hydrogen (secondary N) is 1. The van der Waals surface area contributed by atoms with Gasteiger partial charge in [0.25, 0.3) is 11.6 Å². The maximum absolute atomic E-state index is 14.2. The average molecular weight is 437 g/mol. The van der Waals surface area contributed by atoms with Crippen LogP contribution in [0.1, 0.15) is 33.1 Å². The quantitative estimate of drug-likeness (QED) is 0.487. The van der Waals surface area contributed by atoms with E-state index in [1.807, 2.05) is 0 Å². The van der Waals surface area contributed by atoms with Crippen LogP contribution in [0.4, 0.5) is 20.2 Å². The number of amides is 2. The third-order valence-electron chi connectivity index (χ3n) is 5.31. The Bertz CT molecular complexity index is 1240. The monoisotopic (exact) mass is 437 g/mol. The molecule has 9 heteroatoms. The van der Waals surface area contributed by atoms with Gasteiger partial charge in [-0.1, -0.05) is 18.2 Å². The lowest BCUT2D eigenvalue weighted by atomic mass is 9.95. The van der Waals surface area contributed by atoms with Gasteiger partial charge in [0.05, 0.1) is 11.0 Å². The number of carbonyl (C=O) groups is 2. The van der Waals surface area contributed by atoms with E-state index >= 15 is 0 Å². The van der Waals surface area contributed by atoms with E-state index in [0.29, 0.717) is 22.4 Å². The van der Waals surface area contributed by atoms with Crippen molar-refractivity contribution in [3.05, 3.63) is 105 Å². The molecule has 0 radical (unpaired) electrons. The Morgan fingerprint density at radius 2 is 1.75 bits per heavy atom. The zero-order valence-corrected chi connectivity index (χ0v) is 16.8. The van der Waals surface area contributed by atoms with E-state index in [1.165, 1.54) is 59.5 Å². The molecule has 1 aliphatic rings. The molecule has 1 heterocycles. The Morgan fingerprint density at radius 1 is 1.06 bits per heavy atom. The lowest BCUT2D eigenvalue weighted by molar-refractivity contribution is -0.385. The summed E-state index contributed by atoms with van der Waals surface area (Å²) in [4.78, 5) is 38.0. The van der Waals surface area contributed by atoms with Gasteiger partial charge < -0.3 is 10.2 Å². The Hall–Kier alpha value is -4.14. The first-order valence-electron chi connectivity index (χ1n) is 9.65. The number of benzene rings is 3. The summed E-state index contributed by atoms with van der Waals surface area (Å²) in [6.45, 7) is 1.16. The van der Waals surface area contributed by atoms with Crippen molar-refractivity contribution in [1.82, 2.24) is 4.90 Å². The standard InChI is InChI=1S/C23H17F2N3O4/c1-13-2-3-15(10-20(13)28(31)32)23(30)27-12-21(29)26-19-9-8-17(25)11-18(19)22(27)14-4-6-16(24)7-5-14/h2-11,22H,12H2,1H3,(H,26,29)/t22-/m1/s1.